The average molecular weight is 368 g/mol. The normalized spacial score (nSPS) is 15.0. The number of carbonyl (C=O) groups excluding carboxylic acids is 1. The molecule has 0 saturated heterocycles. The number of nitrogens with zero attached hydrogens (tertiary/aromatic N) is 2. The summed E-state index contributed by atoms with van der Waals surface area (Å²) in [5, 5.41) is 6.31. The number of hydrogen-bond acceptors (Lipinski definition) is 5. The number of ether oxygens (including phenoxy) is 1. The Morgan fingerprint density at radius 3 is 2.59 bits per heavy atom. The zero-order valence-corrected chi connectivity index (χ0v) is 15.9. The maximum Gasteiger partial charge on any atom is 0.254 e. The van der Waals surface area contributed by atoms with E-state index in [-0.39, 0.29) is 11.9 Å². The van der Waals surface area contributed by atoms with Crippen LogP contribution in [0.1, 0.15) is 54.4 Å². The van der Waals surface area contributed by atoms with Crippen LogP contribution in [0.5, 0.6) is 5.75 Å². The topological polar surface area (TPSA) is 76.1 Å². The van der Waals surface area contributed by atoms with Crippen molar-refractivity contribution in [1.29, 1.82) is 0 Å². The van der Waals surface area contributed by atoms with Crippen molar-refractivity contribution in [2.75, 3.05) is 19.0 Å². The third kappa shape index (κ3) is 5.94. The number of nitrogens with one attached hydrogen (secondary N) is 2. The van der Waals surface area contributed by atoms with Crippen LogP contribution in [-0.2, 0) is 6.42 Å². The molecule has 27 heavy (non-hydrogen) atoms. The van der Waals surface area contributed by atoms with Crippen LogP contribution >= 0.6 is 0 Å². The molecule has 0 spiro atoms. The lowest BCUT2D eigenvalue weighted by molar-refractivity contribution is 0.0932. The van der Waals surface area contributed by atoms with E-state index in [9.17, 15) is 4.79 Å². The smallest absolute Gasteiger partial charge is 0.254 e. The highest BCUT2D eigenvalue weighted by Gasteiger charge is 2.16. The average Bonchev–Trinajstić information content (AvgIpc) is 2.97. The molecule has 144 valence electrons. The predicted octanol–water partition coefficient (Wildman–Crippen LogP) is 3.59. The van der Waals surface area contributed by atoms with Gasteiger partial charge in [-0.2, -0.15) is 0 Å². The second-order valence-corrected chi connectivity index (χ2v) is 6.99. The summed E-state index contributed by atoms with van der Waals surface area (Å²) in [4.78, 5) is 20.9. The first-order valence-electron chi connectivity index (χ1n) is 9.74. The molecule has 1 saturated carbocycles. The van der Waals surface area contributed by atoms with E-state index in [4.69, 9.17) is 4.74 Å². The highest BCUT2D eigenvalue weighted by atomic mass is 16.5. The van der Waals surface area contributed by atoms with Crippen LogP contribution in [0, 0.1) is 0 Å². The van der Waals surface area contributed by atoms with Crippen molar-refractivity contribution in [3.8, 4) is 5.75 Å². The van der Waals surface area contributed by atoms with Crippen LogP contribution in [-0.4, -0.2) is 35.6 Å². The Morgan fingerprint density at radius 1 is 1.15 bits per heavy atom. The molecule has 0 atom stereocenters. The van der Waals surface area contributed by atoms with Crippen molar-refractivity contribution in [3.05, 3.63) is 47.8 Å². The van der Waals surface area contributed by atoms with Crippen molar-refractivity contribution in [2.24, 2.45) is 0 Å². The number of benzene rings is 1. The van der Waals surface area contributed by atoms with Crippen LogP contribution in [0.4, 0.5) is 5.95 Å². The van der Waals surface area contributed by atoms with E-state index in [1.54, 1.807) is 19.5 Å². The van der Waals surface area contributed by atoms with Gasteiger partial charge in [-0.1, -0.05) is 37.8 Å². The van der Waals surface area contributed by atoms with Gasteiger partial charge in [-0.25, -0.2) is 9.97 Å². The Balaban J connectivity index is 1.47. The minimum absolute atomic E-state index is 0.0789. The molecule has 0 aliphatic heterocycles. The van der Waals surface area contributed by atoms with Gasteiger partial charge in [0.05, 0.1) is 12.7 Å². The maximum absolute atomic E-state index is 12.4. The standard InChI is InChI=1S/C21H28N4O2/c1-27-19-10-6-7-16(13-19)11-12-22-21-23-14-17(15-24-21)20(26)25-18-8-4-2-3-5-9-18/h6-7,10,13-15,18H,2-5,8-9,11-12H2,1H3,(H,25,26)(H,22,23,24). The number of carbonyl (C=O) groups is 1. The number of aromatic nitrogens is 2. The van der Waals surface area contributed by atoms with Crippen molar-refractivity contribution >= 4 is 11.9 Å². The predicted molar refractivity (Wildman–Crippen MR) is 106 cm³/mol. The fraction of sp³-hybridized carbons (Fsp3) is 0.476. The van der Waals surface area contributed by atoms with E-state index in [0.717, 1.165) is 25.0 Å². The molecule has 0 unspecified atom stereocenters. The van der Waals surface area contributed by atoms with Gasteiger partial charge in [0.2, 0.25) is 5.95 Å². The van der Waals surface area contributed by atoms with Crippen LogP contribution in [0.3, 0.4) is 0 Å². The lowest BCUT2D eigenvalue weighted by atomic mass is 10.1. The van der Waals surface area contributed by atoms with Gasteiger partial charge < -0.3 is 15.4 Å². The molecule has 1 aliphatic rings. The summed E-state index contributed by atoms with van der Waals surface area (Å²) in [5.74, 6) is 1.31. The summed E-state index contributed by atoms with van der Waals surface area (Å²) >= 11 is 0. The Kier molecular flexibility index (Phi) is 7.02. The van der Waals surface area contributed by atoms with E-state index in [1.165, 1.54) is 31.2 Å². The number of amides is 1. The molecule has 1 amide bonds. The van der Waals surface area contributed by atoms with Gasteiger partial charge in [0.15, 0.2) is 0 Å². The van der Waals surface area contributed by atoms with E-state index in [1.807, 2.05) is 18.2 Å². The van der Waals surface area contributed by atoms with E-state index < -0.39 is 0 Å². The second-order valence-electron chi connectivity index (χ2n) is 6.99. The maximum atomic E-state index is 12.4. The SMILES string of the molecule is COc1cccc(CCNc2ncc(C(=O)NC3CCCCCC3)cn2)c1. The Hall–Kier alpha value is -2.63. The molecule has 1 aliphatic carbocycles. The van der Waals surface area contributed by atoms with Crippen LogP contribution < -0.4 is 15.4 Å². The van der Waals surface area contributed by atoms with Crippen LogP contribution in [0.2, 0.25) is 0 Å². The molecular weight excluding hydrogens is 340 g/mol. The molecule has 3 rings (SSSR count). The van der Waals surface area contributed by atoms with Gasteiger partial charge in [-0.3, -0.25) is 4.79 Å². The highest BCUT2D eigenvalue weighted by Crippen LogP contribution is 2.17. The van der Waals surface area contributed by atoms with Gasteiger partial charge in [-0.05, 0) is 37.0 Å². The molecule has 6 heteroatoms. The Morgan fingerprint density at radius 2 is 1.89 bits per heavy atom. The summed E-state index contributed by atoms with van der Waals surface area (Å²) in [6.45, 7) is 0.709. The monoisotopic (exact) mass is 368 g/mol. The Labute approximate surface area is 160 Å². The molecule has 2 N–H and O–H groups in total. The van der Waals surface area contributed by atoms with E-state index in [0.29, 0.717) is 18.1 Å². The zero-order valence-electron chi connectivity index (χ0n) is 15.9. The summed E-state index contributed by atoms with van der Waals surface area (Å²) in [6, 6.07) is 8.27. The third-order valence-corrected chi connectivity index (χ3v) is 4.94. The first-order chi connectivity index (χ1) is 13.2. The number of hydrogen-bond donors (Lipinski definition) is 2. The fourth-order valence-electron chi connectivity index (χ4n) is 3.38. The molecule has 0 bridgehead atoms. The third-order valence-electron chi connectivity index (χ3n) is 4.94. The van der Waals surface area contributed by atoms with Crippen molar-refractivity contribution in [2.45, 2.75) is 51.0 Å². The summed E-state index contributed by atoms with van der Waals surface area (Å²) < 4.78 is 5.23. The molecule has 2 aromatic rings. The minimum Gasteiger partial charge on any atom is -0.497 e. The van der Waals surface area contributed by atoms with Crippen LogP contribution in [0.25, 0.3) is 0 Å². The zero-order chi connectivity index (χ0) is 18.9. The summed E-state index contributed by atoms with van der Waals surface area (Å²) in [7, 11) is 1.67. The molecule has 6 nitrogen and oxygen atoms in total. The van der Waals surface area contributed by atoms with Gasteiger partial charge in [0.25, 0.3) is 5.91 Å². The van der Waals surface area contributed by atoms with Gasteiger partial charge in [0.1, 0.15) is 5.75 Å². The Bertz CT molecular complexity index is 725. The molecular formula is C21H28N4O2. The molecule has 1 fully saturated rings. The minimum atomic E-state index is -0.0789. The fourth-order valence-corrected chi connectivity index (χ4v) is 3.38. The van der Waals surface area contributed by atoms with Crippen molar-refractivity contribution in [1.82, 2.24) is 15.3 Å². The lowest BCUT2D eigenvalue weighted by Crippen LogP contribution is -2.34. The summed E-state index contributed by atoms with van der Waals surface area (Å²) in [6.07, 6.45) is 11.1. The molecule has 0 radical (unpaired) electrons. The molecule has 1 aromatic carbocycles. The van der Waals surface area contributed by atoms with Crippen LogP contribution in [0.15, 0.2) is 36.7 Å². The first-order valence-corrected chi connectivity index (χ1v) is 9.74. The largest absolute Gasteiger partial charge is 0.497 e. The quantitative estimate of drug-likeness (QED) is 0.731. The first kappa shape index (κ1) is 19.1. The number of methoxy groups -OCH3 is 1. The van der Waals surface area contributed by atoms with Crippen molar-refractivity contribution in [3.63, 3.8) is 0 Å². The highest BCUT2D eigenvalue weighted by molar-refractivity contribution is 5.93. The second kappa shape index (κ2) is 9.90. The molecule has 1 aromatic heterocycles. The van der Waals surface area contributed by atoms with Crippen molar-refractivity contribution < 1.29 is 9.53 Å². The number of rotatable bonds is 7. The molecule has 1 heterocycles. The van der Waals surface area contributed by atoms with Gasteiger partial charge >= 0.3 is 0 Å². The summed E-state index contributed by atoms with van der Waals surface area (Å²) in [5.41, 5.74) is 1.69. The van der Waals surface area contributed by atoms with E-state index in [2.05, 4.69) is 26.7 Å². The van der Waals surface area contributed by atoms with Gasteiger partial charge in [0, 0.05) is 25.0 Å². The lowest BCUT2D eigenvalue weighted by Gasteiger charge is -2.16. The van der Waals surface area contributed by atoms with Gasteiger partial charge in [-0.15, -0.1) is 0 Å². The number of anilines is 1. The van der Waals surface area contributed by atoms with E-state index >= 15 is 0 Å².